The lowest BCUT2D eigenvalue weighted by Gasteiger charge is -2.40. The smallest absolute Gasteiger partial charge is 0.227 e. The number of aryl methyl sites for hydroxylation is 3. The zero-order valence-corrected chi connectivity index (χ0v) is 20.1. The molecule has 1 unspecified atom stereocenters. The lowest BCUT2D eigenvalue weighted by atomic mass is 9.96. The summed E-state index contributed by atoms with van der Waals surface area (Å²) < 4.78 is 1.23. The van der Waals surface area contributed by atoms with E-state index in [2.05, 4.69) is 71.9 Å². The standard InChI is InChI=1S/C26H32N4OS/c1-18-6-8-20(3)23(15-18)28-11-13-29(14-12-28)25(31)21-5-4-10-30(17-21)26-27-22-9-7-19(2)16-24(22)32-26/h6-9,15-16,21H,4-5,10-14,17H2,1-3H3. The largest absolute Gasteiger partial charge is 0.368 e. The molecule has 2 aliphatic rings. The van der Waals surface area contributed by atoms with Crippen molar-refractivity contribution in [3.05, 3.63) is 53.1 Å². The van der Waals surface area contributed by atoms with Crippen molar-refractivity contribution in [2.45, 2.75) is 33.6 Å². The molecule has 2 aromatic carbocycles. The number of nitrogens with zero attached hydrogens (tertiary/aromatic N) is 4. The summed E-state index contributed by atoms with van der Waals surface area (Å²) in [7, 11) is 0. The van der Waals surface area contributed by atoms with Crippen LogP contribution in [0.4, 0.5) is 10.8 Å². The molecule has 2 aliphatic heterocycles. The molecule has 0 saturated carbocycles. The normalized spacial score (nSPS) is 19.6. The van der Waals surface area contributed by atoms with Crippen molar-refractivity contribution < 1.29 is 4.79 Å². The number of rotatable bonds is 3. The molecule has 1 amide bonds. The Bertz CT molecular complexity index is 1130. The number of anilines is 2. The number of fused-ring (bicyclic) bond motifs is 1. The summed E-state index contributed by atoms with van der Waals surface area (Å²) >= 11 is 1.75. The zero-order chi connectivity index (χ0) is 22.2. The van der Waals surface area contributed by atoms with E-state index in [0.29, 0.717) is 5.91 Å². The van der Waals surface area contributed by atoms with Crippen LogP contribution in [0.15, 0.2) is 36.4 Å². The third-order valence-electron chi connectivity index (χ3n) is 6.87. The van der Waals surface area contributed by atoms with Gasteiger partial charge in [-0.15, -0.1) is 0 Å². The van der Waals surface area contributed by atoms with Gasteiger partial charge in [0.05, 0.1) is 16.1 Å². The van der Waals surface area contributed by atoms with Crippen molar-refractivity contribution in [3.8, 4) is 0 Å². The van der Waals surface area contributed by atoms with Gasteiger partial charge in [0.15, 0.2) is 5.13 Å². The van der Waals surface area contributed by atoms with Crippen LogP contribution in [0.2, 0.25) is 0 Å². The lowest BCUT2D eigenvalue weighted by Crippen LogP contribution is -2.52. The van der Waals surface area contributed by atoms with Gasteiger partial charge in [0.2, 0.25) is 5.91 Å². The summed E-state index contributed by atoms with van der Waals surface area (Å²) in [6.07, 6.45) is 2.03. The number of amides is 1. The summed E-state index contributed by atoms with van der Waals surface area (Å²) in [5.74, 6) is 0.400. The number of piperazine rings is 1. The molecule has 2 fully saturated rings. The molecule has 5 nitrogen and oxygen atoms in total. The molecule has 5 rings (SSSR count). The second kappa shape index (κ2) is 8.74. The summed E-state index contributed by atoms with van der Waals surface area (Å²) in [4.78, 5) is 25.1. The Labute approximate surface area is 194 Å². The Hall–Kier alpha value is -2.60. The van der Waals surface area contributed by atoms with E-state index < -0.39 is 0 Å². The van der Waals surface area contributed by atoms with Gasteiger partial charge in [-0.2, -0.15) is 0 Å². The highest BCUT2D eigenvalue weighted by atomic mass is 32.1. The molecule has 0 radical (unpaired) electrons. The molecule has 0 bridgehead atoms. The monoisotopic (exact) mass is 448 g/mol. The first-order chi connectivity index (χ1) is 15.5. The Morgan fingerprint density at radius 2 is 1.69 bits per heavy atom. The predicted molar refractivity (Wildman–Crippen MR) is 134 cm³/mol. The van der Waals surface area contributed by atoms with Gasteiger partial charge in [0.1, 0.15) is 0 Å². The Morgan fingerprint density at radius 3 is 2.50 bits per heavy atom. The SMILES string of the molecule is Cc1ccc(C)c(N2CCN(C(=O)C3CCCN(c4nc5ccc(C)cc5s4)C3)CC2)c1. The minimum atomic E-state index is 0.0738. The highest BCUT2D eigenvalue weighted by Gasteiger charge is 2.32. The minimum Gasteiger partial charge on any atom is -0.368 e. The molecule has 0 N–H and O–H groups in total. The average Bonchev–Trinajstić information content (AvgIpc) is 3.24. The Balaban J connectivity index is 1.23. The molecule has 32 heavy (non-hydrogen) atoms. The van der Waals surface area contributed by atoms with E-state index in [-0.39, 0.29) is 5.92 Å². The van der Waals surface area contributed by atoms with Gasteiger partial charge in [0, 0.05) is 45.0 Å². The van der Waals surface area contributed by atoms with Crippen molar-refractivity contribution in [2.75, 3.05) is 49.1 Å². The van der Waals surface area contributed by atoms with Crippen molar-refractivity contribution in [1.82, 2.24) is 9.88 Å². The van der Waals surface area contributed by atoms with Crippen LogP contribution in [-0.4, -0.2) is 55.1 Å². The quantitative estimate of drug-likeness (QED) is 0.578. The molecule has 3 heterocycles. The third-order valence-corrected chi connectivity index (χ3v) is 7.95. The molecule has 3 aromatic rings. The number of hydrogen-bond donors (Lipinski definition) is 0. The van der Waals surface area contributed by atoms with Crippen LogP contribution in [-0.2, 0) is 4.79 Å². The minimum absolute atomic E-state index is 0.0738. The average molecular weight is 449 g/mol. The Morgan fingerprint density at radius 1 is 0.938 bits per heavy atom. The van der Waals surface area contributed by atoms with Gasteiger partial charge in [-0.05, 0) is 68.5 Å². The van der Waals surface area contributed by atoms with Crippen LogP contribution in [0.1, 0.15) is 29.5 Å². The highest BCUT2D eigenvalue weighted by Crippen LogP contribution is 2.33. The number of aromatic nitrogens is 1. The maximum Gasteiger partial charge on any atom is 0.227 e. The fourth-order valence-electron chi connectivity index (χ4n) is 4.99. The summed E-state index contributed by atoms with van der Waals surface area (Å²) in [6, 6.07) is 13.1. The number of carbonyl (C=O) groups is 1. The van der Waals surface area contributed by atoms with Gasteiger partial charge >= 0.3 is 0 Å². The topological polar surface area (TPSA) is 39.7 Å². The van der Waals surface area contributed by atoms with Gasteiger partial charge in [-0.1, -0.05) is 29.5 Å². The van der Waals surface area contributed by atoms with E-state index in [1.54, 1.807) is 11.3 Å². The van der Waals surface area contributed by atoms with Crippen LogP contribution in [0.5, 0.6) is 0 Å². The van der Waals surface area contributed by atoms with E-state index in [0.717, 1.165) is 62.8 Å². The van der Waals surface area contributed by atoms with E-state index >= 15 is 0 Å². The lowest BCUT2D eigenvalue weighted by molar-refractivity contribution is -0.136. The van der Waals surface area contributed by atoms with Crippen LogP contribution in [0, 0.1) is 26.7 Å². The third kappa shape index (κ3) is 4.20. The van der Waals surface area contributed by atoms with E-state index in [1.807, 2.05) is 0 Å². The molecule has 6 heteroatoms. The van der Waals surface area contributed by atoms with Crippen LogP contribution >= 0.6 is 11.3 Å². The molecule has 0 spiro atoms. The first-order valence-electron chi connectivity index (χ1n) is 11.7. The first kappa shape index (κ1) is 21.3. The zero-order valence-electron chi connectivity index (χ0n) is 19.3. The fourth-order valence-corrected chi connectivity index (χ4v) is 6.09. The fraction of sp³-hybridized carbons (Fsp3) is 0.462. The summed E-state index contributed by atoms with van der Waals surface area (Å²) in [5.41, 5.74) is 6.23. The summed E-state index contributed by atoms with van der Waals surface area (Å²) in [5, 5.41) is 1.06. The van der Waals surface area contributed by atoms with Gasteiger partial charge in [-0.25, -0.2) is 4.98 Å². The van der Waals surface area contributed by atoms with Crippen molar-refractivity contribution in [2.24, 2.45) is 5.92 Å². The molecular weight excluding hydrogens is 416 g/mol. The molecule has 0 aliphatic carbocycles. The predicted octanol–water partition coefficient (Wildman–Crippen LogP) is 4.79. The highest BCUT2D eigenvalue weighted by molar-refractivity contribution is 7.22. The van der Waals surface area contributed by atoms with E-state index in [4.69, 9.17) is 4.98 Å². The number of thiazole rings is 1. The van der Waals surface area contributed by atoms with Crippen LogP contribution < -0.4 is 9.80 Å². The maximum atomic E-state index is 13.4. The molecule has 168 valence electrons. The van der Waals surface area contributed by atoms with Crippen molar-refractivity contribution in [3.63, 3.8) is 0 Å². The number of benzene rings is 2. The van der Waals surface area contributed by atoms with E-state index in [9.17, 15) is 4.79 Å². The molecule has 2 saturated heterocycles. The van der Waals surface area contributed by atoms with Crippen molar-refractivity contribution >= 4 is 38.3 Å². The first-order valence-corrected chi connectivity index (χ1v) is 12.5. The number of piperidine rings is 1. The van der Waals surface area contributed by atoms with Crippen molar-refractivity contribution in [1.29, 1.82) is 0 Å². The second-order valence-electron chi connectivity index (χ2n) is 9.36. The molecular formula is C26H32N4OS. The van der Waals surface area contributed by atoms with Gasteiger partial charge in [-0.3, -0.25) is 4.79 Å². The molecule has 1 atom stereocenters. The van der Waals surface area contributed by atoms with Crippen LogP contribution in [0.3, 0.4) is 0 Å². The van der Waals surface area contributed by atoms with E-state index in [1.165, 1.54) is 27.1 Å². The number of carbonyl (C=O) groups excluding carboxylic acids is 1. The maximum absolute atomic E-state index is 13.4. The second-order valence-corrected chi connectivity index (χ2v) is 10.4. The number of hydrogen-bond acceptors (Lipinski definition) is 5. The molecule has 1 aromatic heterocycles. The summed E-state index contributed by atoms with van der Waals surface area (Å²) in [6.45, 7) is 11.6. The van der Waals surface area contributed by atoms with Gasteiger partial charge < -0.3 is 14.7 Å². The van der Waals surface area contributed by atoms with Crippen LogP contribution in [0.25, 0.3) is 10.2 Å². The van der Waals surface area contributed by atoms with Gasteiger partial charge in [0.25, 0.3) is 0 Å². The Kier molecular flexibility index (Phi) is 5.80.